The van der Waals surface area contributed by atoms with Crippen molar-refractivity contribution in [3.05, 3.63) is 53.6 Å². The summed E-state index contributed by atoms with van der Waals surface area (Å²) in [7, 11) is 0. The summed E-state index contributed by atoms with van der Waals surface area (Å²) >= 11 is 0. The van der Waals surface area contributed by atoms with Crippen molar-refractivity contribution in [2.24, 2.45) is 0 Å². The van der Waals surface area contributed by atoms with E-state index in [1.807, 2.05) is 0 Å². The molecule has 0 spiro atoms. The lowest BCUT2D eigenvalue weighted by atomic mass is 10.1. The van der Waals surface area contributed by atoms with Crippen LogP contribution in [0.5, 0.6) is 11.5 Å². The van der Waals surface area contributed by atoms with Gasteiger partial charge in [0.05, 0.1) is 11.6 Å². The number of hydrogen-bond donors (Lipinski definition) is 3. The monoisotopic (exact) mass is 271 g/mol. The summed E-state index contributed by atoms with van der Waals surface area (Å²) in [4.78, 5) is 11.2. The standard InChI is InChI=1S/C15H13NO4/c17-9-5-6-10-13(8-20-14(10)7-9)16-12-4-2-1-3-11(12)15(18)19/h1-7,13,16-17H,8H2,(H,18,19). The lowest BCUT2D eigenvalue weighted by Crippen LogP contribution is -2.14. The van der Waals surface area contributed by atoms with Crippen LogP contribution in [0.2, 0.25) is 0 Å². The summed E-state index contributed by atoms with van der Waals surface area (Å²) in [5, 5.41) is 21.8. The van der Waals surface area contributed by atoms with Gasteiger partial charge in [-0.15, -0.1) is 0 Å². The number of hydrogen-bond acceptors (Lipinski definition) is 4. The minimum absolute atomic E-state index is 0.133. The van der Waals surface area contributed by atoms with Crippen LogP contribution in [-0.2, 0) is 0 Å². The fourth-order valence-corrected chi connectivity index (χ4v) is 2.30. The number of phenolic OH excluding ortho intramolecular Hbond substituents is 1. The topological polar surface area (TPSA) is 78.8 Å². The maximum absolute atomic E-state index is 11.2. The molecule has 2 aromatic rings. The Balaban J connectivity index is 1.90. The predicted octanol–water partition coefficient (Wildman–Crippen LogP) is 2.64. The molecule has 1 atom stereocenters. The van der Waals surface area contributed by atoms with E-state index < -0.39 is 5.97 Å². The first-order valence-corrected chi connectivity index (χ1v) is 6.20. The van der Waals surface area contributed by atoms with E-state index in [0.717, 1.165) is 5.56 Å². The van der Waals surface area contributed by atoms with Crippen molar-refractivity contribution in [1.29, 1.82) is 0 Å². The Morgan fingerprint density at radius 3 is 2.85 bits per heavy atom. The number of aromatic carboxylic acids is 1. The lowest BCUT2D eigenvalue weighted by molar-refractivity contribution is 0.0698. The van der Waals surface area contributed by atoms with E-state index in [0.29, 0.717) is 18.0 Å². The molecule has 0 saturated carbocycles. The summed E-state index contributed by atoms with van der Waals surface area (Å²) in [5.74, 6) is -0.205. The average Bonchev–Trinajstić information content (AvgIpc) is 2.81. The fraction of sp³-hybridized carbons (Fsp3) is 0.133. The smallest absolute Gasteiger partial charge is 0.337 e. The Hall–Kier alpha value is -2.69. The maximum Gasteiger partial charge on any atom is 0.337 e. The van der Waals surface area contributed by atoms with Crippen molar-refractivity contribution < 1.29 is 19.7 Å². The third-order valence-electron chi connectivity index (χ3n) is 3.27. The van der Waals surface area contributed by atoms with Gasteiger partial charge in [0.1, 0.15) is 18.1 Å². The van der Waals surface area contributed by atoms with Crippen molar-refractivity contribution in [2.75, 3.05) is 11.9 Å². The van der Waals surface area contributed by atoms with E-state index in [1.165, 1.54) is 0 Å². The molecule has 1 aliphatic heterocycles. The van der Waals surface area contributed by atoms with Crippen molar-refractivity contribution in [3.8, 4) is 11.5 Å². The van der Waals surface area contributed by atoms with E-state index in [-0.39, 0.29) is 17.4 Å². The number of benzene rings is 2. The molecule has 1 heterocycles. The second-order valence-electron chi connectivity index (χ2n) is 4.58. The molecule has 0 aliphatic carbocycles. The average molecular weight is 271 g/mol. The number of fused-ring (bicyclic) bond motifs is 1. The third-order valence-corrected chi connectivity index (χ3v) is 3.27. The fourth-order valence-electron chi connectivity index (χ4n) is 2.30. The van der Waals surface area contributed by atoms with E-state index in [1.54, 1.807) is 42.5 Å². The molecular weight excluding hydrogens is 258 g/mol. The number of ether oxygens (including phenoxy) is 1. The molecular formula is C15H13NO4. The highest BCUT2D eigenvalue weighted by Gasteiger charge is 2.25. The van der Waals surface area contributed by atoms with Gasteiger partial charge < -0.3 is 20.3 Å². The maximum atomic E-state index is 11.2. The van der Waals surface area contributed by atoms with Gasteiger partial charge in [0.2, 0.25) is 0 Å². The van der Waals surface area contributed by atoms with Crippen LogP contribution in [0.25, 0.3) is 0 Å². The largest absolute Gasteiger partial charge is 0.508 e. The van der Waals surface area contributed by atoms with E-state index in [9.17, 15) is 9.90 Å². The van der Waals surface area contributed by atoms with Crippen molar-refractivity contribution in [2.45, 2.75) is 6.04 Å². The highest BCUT2D eigenvalue weighted by Crippen LogP contribution is 2.37. The van der Waals surface area contributed by atoms with Crippen LogP contribution >= 0.6 is 0 Å². The highest BCUT2D eigenvalue weighted by atomic mass is 16.5. The molecule has 5 nitrogen and oxygen atoms in total. The van der Waals surface area contributed by atoms with Gasteiger partial charge in [-0.3, -0.25) is 0 Å². The van der Waals surface area contributed by atoms with E-state index >= 15 is 0 Å². The van der Waals surface area contributed by atoms with Crippen LogP contribution in [-0.4, -0.2) is 22.8 Å². The van der Waals surface area contributed by atoms with Gasteiger partial charge >= 0.3 is 5.97 Å². The summed E-state index contributed by atoms with van der Waals surface area (Å²) in [5.41, 5.74) is 1.68. The second-order valence-corrected chi connectivity index (χ2v) is 4.58. The number of carboxylic acid groups (broad SMARTS) is 1. The minimum Gasteiger partial charge on any atom is -0.508 e. The lowest BCUT2D eigenvalue weighted by Gasteiger charge is -2.15. The predicted molar refractivity (Wildman–Crippen MR) is 73.4 cm³/mol. The van der Waals surface area contributed by atoms with Gasteiger partial charge in [0.25, 0.3) is 0 Å². The number of phenols is 1. The zero-order chi connectivity index (χ0) is 14.1. The summed E-state index contributed by atoms with van der Waals surface area (Å²) in [6, 6.07) is 11.5. The molecule has 0 fully saturated rings. The van der Waals surface area contributed by atoms with Crippen molar-refractivity contribution >= 4 is 11.7 Å². The number of carbonyl (C=O) groups is 1. The Morgan fingerprint density at radius 1 is 1.25 bits per heavy atom. The molecule has 0 aromatic heterocycles. The third kappa shape index (κ3) is 2.14. The molecule has 2 aromatic carbocycles. The molecule has 0 radical (unpaired) electrons. The Kier molecular flexibility index (Phi) is 2.95. The number of nitrogens with one attached hydrogen (secondary N) is 1. The first-order chi connectivity index (χ1) is 9.65. The molecule has 0 amide bonds. The van der Waals surface area contributed by atoms with Gasteiger partial charge in [-0.1, -0.05) is 12.1 Å². The number of carboxylic acids is 1. The highest BCUT2D eigenvalue weighted by molar-refractivity contribution is 5.94. The number of aromatic hydroxyl groups is 1. The molecule has 102 valence electrons. The molecule has 0 bridgehead atoms. The number of rotatable bonds is 3. The van der Waals surface area contributed by atoms with E-state index in [2.05, 4.69) is 5.32 Å². The quantitative estimate of drug-likeness (QED) is 0.799. The van der Waals surface area contributed by atoms with Crippen molar-refractivity contribution in [1.82, 2.24) is 0 Å². The molecule has 1 aliphatic rings. The van der Waals surface area contributed by atoms with Crippen LogP contribution in [0.1, 0.15) is 22.0 Å². The summed E-state index contributed by atoms with van der Waals surface area (Å²) in [6.07, 6.45) is 0. The van der Waals surface area contributed by atoms with Gasteiger partial charge in [0, 0.05) is 17.3 Å². The molecule has 3 rings (SSSR count). The summed E-state index contributed by atoms with van der Waals surface area (Å²) in [6.45, 7) is 0.396. The SMILES string of the molecule is O=C(O)c1ccccc1NC1COc2cc(O)ccc21. The van der Waals surface area contributed by atoms with Gasteiger partial charge in [0.15, 0.2) is 0 Å². The summed E-state index contributed by atoms with van der Waals surface area (Å²) < 4.78 is 5.49. The van der Waals surface area contributed by atoms with Gasteiger partial charge in [-0.05, 0) is 24.3 Å². The van der Waals surface area contributed by atoms with Gasteiger partial charge in [-0.2, -0.15) is 0 Å². The van der Waals surface area contributed by atoms with Crippen LogP contribution in [0.3, 0.4) is 0 Å². The first kappa shape index (κ1) is 12.3. The molecule has 20 heavy (non-hydrogen) atoms. The minimum atomic E-state index is -0.974. The number of anilines is 1. The van der Waals surface area contributed by atoms with Crippen LogP contribution in [0, 0.1) is 0 Å². The zero-order valence-corrected chi connectivity index (χ0v) is 10.5. The Labute approximate surface area is 115 Å². The molecule has 5 heteroatoms. The second kappa shape index (κ2) is 4.77. The Bertz CT molecular complexity index is 669. The van der Waals surface area contributed by atoms with Crippen LogP contribution in [0.4, 0.5) is 5.69 Å². The molecule has 0 saturated heterocycles. The van der Waals surface area contributed by atoms with Gasteiger partial charge in [-0.25, -0.2) is 4.79 Å². The normalized spacial score (nSPS) is 16.3. The molecule has 1 unspecified atom stereocenters. The van der Waals surface area contributed by atoms with E-state index in [4.69, 9.17) is 9.84 Å². The van der Waals surface area contributed by atoms with Crippen LogP contribution < -0.4 is 10.1 Å². The van der Waals surface area contributed by atoms with Crippen LogP contribution in [0.15, 0.2) is 42.5 Å². The van der Waals surface area contributed by atoms with Crippen molar-refractivity contribution in [3.63, 3.8) is 0 Å². The molecule has 3 N–H and O–H groups in total. The first-order valence-electron chi connectivity index (χ1n) is 6.20. The number of para-hydroxylation sites is 1. The Morgan fingerprint density at radius 2 is 2.05 bits per heavy atom. The zero-order valence-electron chi connectivity index (χ0n) is 10.5.